The Morgan fingerprint density at radius 3 is 1.58 bits per heavy atom. The summed E-state index contributed by atoms with van der Waals surface area (Å²) in [7, 11) is 1.72. The van der Waals surface area contributed by atoms with E-state index in [1.54, 1.807) is 50.3 Å². The Labute approximate surface area is 315 Å². The zero-order valence-electron chi connectivity index (χ0n) is 30.9. The molecule has 0 aromatic carbocycles. The lowest BCUT2D eigenvalue weighted by Crippen LogP contribution is -2.14. The Morgan fingerprint density at radius 1 is 0.564 bits per heavy atom. The average Bonchev–Trinajstić information content (AvgIpc) is 3.19. The van der Waals surface area contributed by atoms with Gasteiger partial charge in [0.05, 0.1) is 34.5 Å². The molecule has 3 N–H and O–H groups in total. The van der Waals surface area contributed by atoms with Crippen LogP contribution >= 0.6 is 0 Å². The first-order chi connectivity index (χ1) is 26.6. The standard InChI is InChI=1S/C21H20N6O.C20H18N6O/c1-13(2)15-9-20(26-23-12-15)25-19-5-4-17-18(24-19)8-16(11-22-17)14-6-7-27(3)21(28)10-14;1-12(2)14-8-19(26-23-11-14)25-18-4-3-16-17(24-18)7-15(10-22-16)13-5-6-21-20(27)9-13/h4-13H,1-3H3,(H,24,25,26);3-12H,1-2H3,(H,21,27)(H,24,25,26). The highest BCUT2D eigenvalue weighted by Crippen LogP contribution is 2.25. The van der Waals surface area contributed by atoms with E-state index < -0.39 is 0 Å². The minimum atomic E-state index is -0.153. The predicted octanol–water partition coefficient (Wildman–Crippen LogP) is 7.29. The molecule has 8 heterocycles. The summed E-state index contributed by atoms with van der Waals surface area (Å²) in [6.07, 6.45) is 10.4. The van der Waals surface area contributed by atoms with Crippen molar-refractivity contribution in [2.45, 2.75) is 39.5 Å². The van der Waals surface area contributed by atoms with E-state index in [2.05, 4.69) is 83.6 Å². The van der Waals surface area contributed by atoms with Crippen molar-refractivity contribution in [3.05, 3.63) is 142 Å². The van der Waals surface area contributed by atoms with Crippen molar-refractivity contribution in [2.75, 3.05) is 10.6 Å². The summed E-state index contributed by atoms with van der Waals surface area (Å²) < 4.78 is 1.53. The second kappa shape index (κ2) is 15.8. The van der Waals surface area contributed by atoms with Crippen LogP contribution in [0.1, 0.15) is 50.7 Å². The molecule has 8 aromatic heterocycles. The number of rotatable bonds is 8. The molecule has 0 aliphatic heterocycles. The first kappa shape index (κ1) is 36.2. The number of nitrogens with one attached hydrogen (secondary N) is 3. The van der Waals surface area contributed by atoms with Gasteiger partial charge in [-0.15, -0.1) is 10.2 Å². The number of pyridine rings is 6. The Hall–Kier alpha value is -7.22. The summed E-state index contributed by atoms with van der Waals surface area (Å²) >= 11 is 0. The van der Waals surface area contributed by atoms with Crippen LogP contribution in [0, 0.1) is 0 Å². The molecule has 274 valence electrons. The van der Waals surface area contributed by atoms with Gasteiger partial charge in [-0.2, -0.15) is 10.2 Å². The first-order valence-electron chi connectivity index (χ1n) is 17.7. The molecule has 0 radical (unpaired) electrons. The van der Waals surface area contributed by atoms with Gasteiger partial charge < -0.3 is 20.2 Å². The molecule has 14 heteroatoms. The molecule has 8 aromatic rings. The van der Waals surface area contributed by atoms with Gasteiger partial charge in [0.25, 0.3) is 5.56 Å². The SMILES string of the molecule is CC(C)c1cnnc(Nc2ccc3ncc(-c4cc[nH]c(=O)c4)cc3n2)c1.CC(C)c1cnnc(Nc2ccc3ncc(-c4ccn(C)c(=O)c4)cc3n2)c1. The molecule has 0 spiro atoms. The molecule has 0 unspecified atom stereocenters. The van der Waals surface area contributed by atoms with Crippen LogP contribution in [0.25, 0.3) is 44.3 Å². The van der Waals surface area contributed by atoms with Gasteiger partial charge in [-0.1, -0.05) is 27.7 Å². The van der Waals surface area contributed by atoms with Gasteiger partial charge in [0, 0.05) is 55.1 Å². The Balaban J connectivity index is 0.000000169. The van der Waals surface area contributed by atoms with Gasteiger partial charge in [-0.05, 0) is 94.8 Å². The minimum Gasteiger partial charge on any atom is -0.329 e. The highest BCUT2D eigenvalue weighted by molar-refractivity contribution is 5.83. The lowest BCUT2D eigenvalue weighted by Gasteiger charge is -2.09. The Morgan fingerprint density at radius 2 is 1.09 bits per heavy atom. The van der Waals surface area contributed by atoms with Crippen molar-refractivity contribution in [3.8, 4) is 22.3 Å². The fourth-order valence-corrected chi connectivity index (χ4v) is 5.60. The van der Waals surface area contributed by atoms with Crippen molar-refractivity contribution >= 4 is 45.3 Å². The first-order valence-corrected chi connectivity index (χ1v) is 17.7. The molecular weight excluding hydrogens is 693 g/mol. The summed E-state index contributed by atoms with van der Waals surface area (Å²) in [5, 5.41) is 22.7. The van der Waals surface area contributed by atoms with Gasteiger partial charge in [-0.25, -0.2) is 9.97 Å². The van der Waals surface area contributed by atoms with Crippen LogP contribution in [0.15, 0.2) is 120 Å². The van der Waals surface area contributed by atoms with Crippen LogP contribution in [0.3, 0.4) is 0 Å². The van der Waals surface area contributed by atoms with Crippen LogP contribution in [0.2, 0.25) is 0 Å². The highest BCUT2D eigenvalue weighted by Gasteiger charge is 2.09. The molecule has 8 rings (SSSR count). The van der Waals surface area contributed by atoms with E-state index in [0.29, 0.717) is 35.1 Å². The molecule has 0 saturated heterocycles. The maximum absolute atomic E-state index is 11.9. The van der Waals surface area contributed by atoms with Gasteiger partial charge in [-0.3, -0.25) is 19.6 Å². The van der Waals surface area contributed by atoms with Crippen molar-refractivity contribution in [1.82, 2.24) is 49.9 Å². The number of hydrogen-bond donors (Lipinski definition) is 3. The third-order valence-electron chi connectivity index (χ3n) is 8.82. The molecular formula is C41H38N12O2. The number of aromatic amines is 1. The molecule has 0 aliphatic carbocycles. The van der Waals surface area contributed by atoms with Gasteiger partial charge in [0.1, 0.15) is 11.6 Å². The number of anilines is 4. The fraction of sp³-hybridized carbons (Fsp3) is 0.171. The van der Waals surface area contributed by atoms with Crippen LogP contribution in [-0.4, -0.2) is 49.9 Å². The second-order valence-electron chi connectivity index (χ2n) is 13.5. The van der Waals surface area contributed by atoms with E-state index in [1.807, 2.05) is 60.7 Å². The third kappa shape index (κ3) is 8.71. The lowest BCUT2D eigenvalue weighted by atomic mass is 10.1. The number of H-pyrrole nitrogens is 1. The van der Waals surface area contributed by atoms with Crippen LogP contribution in [-0.2, 0) is 7.05 Å². The zero-order valence-corrected chi connectivity index (χ0v) is 30.9. The molecule has 14 nitrogen and oxygen atoms in total. The zero-order chi connectivity index (χ0) is 38.5. The number of fused-ring (bicyclic) bond motifs is 2. The topological polar surface area (TPSA) is 182 Å². The van der Waals surface area contributed by atoms with Crippen molar-refractivity contribution < 1.29 is 0 Å². The molecule has 0 amide bonds. The maximum atomic E-state index is 11.9. The molecule has 0 bridgehead atoms. The van der Waals surface area contributed by atoms with E-state index in [1.165, 1.54) is 10.6 Å². The van der Waals surface area contributed by atoms with Gasteiger partial charge in [0.15, 0.2) is 11.6 Å². The largest absolute Gasteiger partial charge is 0.329 e. The quantitative estimate of drug-likeness (QED) is 0.142. The van der Waals surface area contributed by atoms with E-state index in [-0.39, 0.29) is 11.1 Å². The van der Waals surface area contributed by atoms with Crippen molar-refractivity contribution in [2.24, 2.45) is 7.05 Å². The summed E-state index contributed by atoms with van der Waals surface area (Å²) in [5.41, 5.74) is 8.29. The van der Waals surface area contributed by atoms with Crippen molar-refractivity contribution in [1.29, 1.82) is 0 Å². The van der Waals surface area contributed by atoms with Gasteiger partial charge in [0.2, 0.25) is 5.56 Å². The molecule has 55 heavy (non-hydrogen) atoms. The van der Waals surface area contributed by atoms with E-state index in [0.717, 1.165) is 55.4 Å². The normalized spacial score (nSPS) is 11.1. The summed E-state index contributed by atoms with van der Waals surface area (Å²) in [4.78, 5) is 44.3. The maximum Gasteiger partial charge on any atom is 0.250 e. The molecule has 0 atom stereocenters. The number of nitrogens with zero attached hydrogens (tertiary/aromatic N) is 9. The average molecular weight is 731 g/mol. The Bertz CT molecular complexity index is 2760. The van der Waals surface area contributed by atoms with Gasteiger partial charge >= 0.3 is 0 Å². The van der Waals surface area contributed by atoms with Crippen molar-refractivity contribution in [3.63, 3.8) is 0 Å². The number of hydrogen-bond acceptors (Lipinski definition) is 12. The predicted molar refractivity (Wildman–Crippen MR) is 215 cm³/mol. The molecule has 0 saturated carbocycles. The summed E-state index contributed by atoms with van der Waals surface area (Å²) in [6, 6.07) is 22.1. The number of aromatic nitrogens is 10. The Kier molecular flexibility index (Phi) is 10.4. The van der Waals surface area contributed by atoms with E-state index in [9.17, 15) is 9.59 Å². The minimum absolute atomic E-state index is 0.0652. The second-order valence-corrected chi connectivity index (χ2v) is 13.5. The fourth-order valence-electron chi connectivity index (χ4n) is 5.60. The van der Waals surface area contributed by atoms with Crippen LogP contribution < -0.4 is 21.8 Å². The summed E-state index contributed by atoms with van der Waals surface area (Å²) in [6.45, 7) is 8.44. The highest BCUT2D eigenvalue weighted by atomic mass is 16.1. The lowest BCUT2D eigenvalue weighted by molar-refractivity contribution is 0.843. The van der Waals surface area contributed by atoms with E-state index in [4.69, 9.17) is 0 Å². The van der Waals surface area contributed by atoms with Crippen LogP contribution in [0.4, 0.5) is 23.3 Å². The molecule has 0 aliphatic rings. The number of aryl methyl sites for hydroxylation is 1. The van der Waals surface area contributed by atoms with Crippen LogP contribution in [0.5, 0.6) is 0 Å². The summed E-state index contributed by atoms with van der Waals surface area (Å²) in [5.74, 6) is 3.34. The third-order valence-corrected chi connectivity index (χ3v) is 8.82. The van der Waals surface area contributed by atoms with E-state index >= 15 is 0 Å². The smallest absolute Gasteiger partial charge is 0.250 e. The monoisotopic (exact) mass is 730 g/mol. The molecule has 0 fully saturated rings.